The molecule has 1 aliphatic heterocycles. The van der Waals surface area contributed by atoms with Crippen molar-refractivity contribution in [2.24, 2.45) is 13.0 Å². The second-order valence-electron chi connectivity index (χ2n) is 8.09. The van der Waals surface area contributed by atoms with Gasteiger partial charge in [-0.1, -0.05) is 32.1 Å². The number of hydrogen-bond acceptors (Lipinski definition) is 4. The zero-order valence-corrected chi connectivity index (χ0v) is 16.1. The van der Waals surface area contributed by atoms with Gasteiger partial charge in [-0.2, -0.15) is 0 Å². The van der Waals surface area contributed by atoms with Crippen LogP contribution in [-0.2, 0) is 11.8 Å². The van der Waals surface area contributed by atoms with Crippen molar-refractivity contribution in [2.45, 2.75) is 69.9 Å². The van der Waals surface area contributed by atoms with E-state index in [-0.39, 0.29) is 11.8 Å². The van der Waals surface area contributed by atoms with Crippen molar-refractivity contribution in [3.8, 4) is 0 Å². The minimum atomic E-state index is -0.563. The van der Waals surface area contributed by atoms with E-state index in [1.54, 1.807) is 6.20 Å². The lowest BCUT2D eigenvalue weighted by Crippen LogP contribution is -2.46. The van der Waals surface area contributed by atoms with Gasteiger partial charge in [-0.15, -0.1) is 0 Å². The van der Waals surface area contributed by atoms with Gasteiger partial charge < -0.3 is 15.0 Å². The summed E-state index contributed by atoms with van der Waals surface area (Å²) >= 11 is 0. The molecule has 26 heavy (non-hydrogen) atoms. The molecule has 1 aromatic rings. The van der Waals surface area contributed by atoms with E-state index in [2.05, 4.69) is 15.2 Å². The van der Waals surface area contributed by atoms with Gasteiger partial charge in [0.05, 0.1) is 6.54 Å². The van der Waals surface area contributed by atoms with Gasteiger partial charge in [0.1, 0.15) is 11.9 Å². The largest absolute Gasteiger partial charge is 0.385 e. The summed E-state index contributed by atoms with van der Waals surface area (Å²) < 4.78 is 1.88. The lowest BCUT2D eigenvalue weighted by atomic mass is 9.92. The summed E-state index contributed by atoms with van der Waals surface area (Å²) in [6, 6.07) is 0.349. The lowest BCUT2D eigenvalue weighted by Gasteiger charge is -2.34. The summed E-state index contributed by atoms with van der Waals surface area (Å²) in [5, 5.41) is 13.9. The number of carbonyl (C=O) groups excluding carboxylic acids is 1. The van der Waals surface area contributed by atoms with Crippen LogP contribution in [0.1, 0.15) is 69.7 Å². The molecule has 2 atom stereocenters. The normalized spacial score (nSPS) is 24.6. The molecule has 6 nitrogen and oxygen atoms in total. The van der Waals surface area contributed by atoms with Crippen molar-refractivity contribution >= 4 is 5.91 Å². The molecular weight excluding hydrogens is 328 g/mol. The number of likely N-dealkylation sites (tertiary alicyclic amines) is 1. The molecule has 0 aromatic carbocycles. The maximum absolute atomic E-state index is 12.5. The maximum Gasteiger partial charge on any atom is 0.234 e. The Hall–Kier alpha value is -1.40. The fourth-order valence-corrected chi connectivity index (χ4v) is 4.44. The van der Waals surface area contributed by atoms with E-state index in [1.165, 1.54) is 32.1 Å². The van der Waals surface area contributed by atoms with Crippen LogP contribution in [0.2, 0.25) is 0 Å². The molecule has 3 rings (SSSR count). The first kappa shape index (κ1) is 19.4. The zero-order chi connectivity index (χ0) is 18.4. The van der Waals surface area contributed by atoms with Crippen molar-refractivity contribution in [2.75, 3.05) is 19.6 Å². The van der Waals surface area contributed by atoms with Gasteiger partial charge in [-0.25, -0.2) is 4.98 Å². The zero-order valence-electron chi connectivity index (χ0n) is 16.1. The molecule has 0 radical (unpaired) electrons. The SMILES string of the molecule is Cn1ccnc1[C@@H](O)[C@H]1CCCN(CC(=O)NC2CCCCCCC2)C1. The van der Waals surface area contributed by atoms with Crippen LogP contribution in [-0.4, -0.2) is 51.1 Å². The van der Waals surface area contributed by atoms with Crippen LogP contribution in [0.4, 0.5) is 0 Å². The Bertz CT molecular complexity index is 566. The molecule has 0 bridgehead atoms. The van der Waals surface area contributed by atoms with Crippen LogP contribution in [0, 0.1) is 5.92 Å². The third kappa shape index (κ3) is 5.30. The maximum atomic E-state index is 12.5. The first-order chi connectivity index (χ1) is 12.6. The smallest absolute Gasteiger partial charge is 0.234 e. The van der Waals surface area contributed by atoms with Crippen LogP contribution in [0.3, 0.4) is 0 Å². The van der Waals surface area contributed by atoms with E-state index in [0.29, 0.717) is 12.6 Å². The minimum absolute atomic E-state index is 0.138. The summed E-state index contributed by atoms with van der Waals surface area (Å²) in [4.78, 5) is 19.0. The monoisotopic (exact) mass is 362 g/mol. The standard InChI is InChI=1S/C20H34N4O2/c1-23-13-11-21-20(23)19(26)16-8-7-12-24(14-16)15-18(25)22-17-9-5-3-2-4-6-10-17/h11,13,16-17,19,26H,2-10,12,14-15H2,1H3,(H,22,25)/t16-,19-/m0/s1. The number of nitrogens with one attached hydrogen (secondary N) is 1. The van der Waals surface area contributed by atoms with Crippen LogP contribution in [0.5, 0.6) is 0 Å². The van der Waals surface area contributed by atoms with Crippen molar-refractivity contribution in [1.82, 2.24) is 19.8 Å². The Balaban J connectivity index is 1.48. The molecule has 6 heteroatoms. The molecule has 2 aliphatic rings. The van der Waals surface area contributed by atoms with Crippen LogP contribution >= 0.6 is 0 Å². The van der Waals surface area contributed by atoms with Gasteiger partial charge in [0, 0.05) is 37.9 Å². The van der Waals surface area contributed by atoms with Gasteiger partial charge in [0.25, 0.3) is 0 Å². The number of rotatable bonds is 5. The van der Waals surface area contributed by atoms with Crippen LogP contribution in [0.25, 0.3) is 0 Å². The van der Waals surface area contributed by atoms with Gasteiger partial charge in [-0.05, 0) is 32.2 Å². The van der Waals surface area contributed by atoms with Crippen LogP contribution in [0.15, 0.2) is 12.4 Å². The summed E-state index contributed by atoms with van der Waals surface area (Å²) in [5.41, 5.74) is 0. The molecule has 1 amide bonds. The van der Waals surface area contributed by atoms with Gasteiger partial charge in [0.2, 0.25) is 5.91 Å². The average molecular weight is 363 g/mol. The van der Waals surface area contributed by atoms with E-state index in [4.69, 9.17) is 0 Å². The van der Waals surface area contributed by atoms with Crippen molar-refractivity contribution in [3.63, 3.8) is 0 Å². The molecular formula is C20H34N4O2. The molecule has 2 heterocycles. The molecule has 0 unspecified atom stereocenters. The second-order valence-corrected chi connectivity index (χ2v) is 8.09. The molecule has 1 saturated carbocycles. The average Bonchev–Trinajstić information content (AvgIpc) is 3.03. The molecule has 1 aromatic heterocycles. The number of aliphatic hydroxyl groups excluding tert-OH is 1. The number of carbonyl (C=O) groups is 1. The summed E-state index contributed by atoms with van der Waals surface area (Å²) in [7, 11) is 1.91. The van der Waals surface area contributed by atoms with E-state index in [0.717, 1.165) is 44.6 Å². The van der Waals surface area contributed by atoms with Crippen molar-refractivity contribution in [3.05, 3.63) is 18.2 Å². The molecule has 0 spiro atoms. The number of aromatic nitrogens is 2. The highest BCUT2D eigenvalue weighted by atomic mass is 16.3. The Morgan fingerprint density at radius 1 is 1.23 bits per heavy atom. The lowest BCUT2D eigenvalue weighted by molar-refractivity contribution is -0.123. The highest BCUT2D eigenvalue weighted by Gasteiger charge is 2.30. The number of nitrogens with zero attached hydrogens (tertiary/aromatic N) is 3. The van der Waals surface area contributed by atoms with Crippen molar-refractivity contribution in [1.29, 1.82) is 0 Å². The van der Waals surface area contributed by atoms with Gasteiger partial charge in [0.15, 0.2) is 0 Å². The first-order valence-electron chi connectivity index (χ1n) is 10.3. The fourth-order valence-electron chi connectivity index (χ4n) is 4.44. The number of imidazole rings is 1. The number of hydrogen-bond donors (Lipinski definition) is 2. The van der Waals surface area contributed by atoms with E-state index >= 15 is 0 Å². The number of aliphatic hydroxyl groups is 1. The predicted octanol–water partition coefficient (Wildman–Crippen LogP) is 2.39. The molecule has 146 valence electrons. The first-order valence-corrected chi connectivity index (χ1v) is 10.3. The van der Waals surface area contributed by atoms with Gasteiger partial charge >= 0.3 is 0 Å². The molecule has 2 fully saturated rings. The summed E-state index contributed by atoms with van der Waals surface area (Å²) in [6.45, 7) is 2.13. The quantitative estimate of drug-likeness (QED) is 0.844. The number of aryl methyl sites for hydroxylation is 1. The third-order valence-corrected chi connectivity index (χ3v) is 5.95. The van der Waals surface area contributed by atoms with E-state index in [9.17, 15) is 9.90 Å². The fraction of sp³-hybridized carbons (Fsp3) is 0.800. The Morgan fingerprint density at radius 2 is 1.96 bits per heavy atom. The highest BCUT2D eigenvalue weighted by molar-refractivity contribution is 5.78. The van der Waals surface area contributed by atoms with E-state index < -0.39 is 6.10 Å². The Labute approximate surface area is 157 Å². The topological polar surface area (TPSA) is 70.4 Å². The molecule has 1 aliphatic carbocycles. The van der Waals surface area contributed by atoms with Crippen molar-refractivity contribution < 1.29 is 9.90 Å². The summed E-state index contributed by atoms with van der Waals surface area (Å²) in [5.74, 6) is 0.998. The third-order valence-electron chi connectivity index (χ3n) is 5.95. The molecule has 2 N–H and O–H groups in total. The Kier molecular flexibility index (Phi) is 7.08. The number of amides is 1. The second kappa shape index (κ2) is 9.51. The van der Waals surface area contributed by atoms with Crippen LogP contribution < -0.4 is 5.32 Å². The summed E-state index contributed by atoms with van der Waals surface area (Å²) in [6.07, 6.45) is 13.6. The minimum Gasteiger partial charge on any atom is -0.385 e. The number of piperidine rings is 1. The van der Waals surface area contributed by atoms with Gasteiger partial charge in [-0.3, -0.25) is 9.69 Å². The predicted molar refractivity (Wildman–Crippen MR) is 102 cm³/mol. The molecule has 1 saturated heterocycles. The van der Waals surface area contributed by atoms with E-state index in [1.807, 2.05) is 17.8 Å². The highest BCUT2D eigenvalue weighted by Crippen LogP contribution is 2.28. The Morgan fingerprint density at radius 3 is 2.65 bits per heavy atom.